The van der Waals surface area contributed by atoms with E-state index in [9.17, 15) is 10.1 Å². The van der Waals surface area contributed by atoms with E-state index in [1.807, 2.05) is 116 Å². The number of non-ortho nitro benzene ring substituents is 1. The molecule has 0 unspecified atom stereocenters. The standard InChI is InChI=1S/C34H27N5O3/c1-24-22-25(18-21-32(24)42-2)30-20-19-29(38(40)41)23-31(30)33-35-37-39(36-33)34(26-12-6-3-7-13-26,27-14-8-4-9-15-27)28-16-10-5-11-17-28/h3-23H,1-2H3. The summed E-state index contributed by atoms with van der Waals surface area (Å²) in [5.74, 6) is 1.03. The summed E-state index contributed by atoms with van der Waals surface area (Å²) in [6, 6.07) is 40.6. The maximum Gasteiger partial charge on any atom is 0.270 e. The summed E-state index contributed by atoms with van der Waals surface area (Å²) in [6.07, 6.45) is 0. The molecule has 42 heavy (non-hydrogen) atoms. The van der Waals surface area contributed by atoms with Crippen LogP contribution in [0.25, 0.3) is 22.5 Å². The molecule has 6 rings (SSSR count). The molecule has 0 bridgehead atoms. The number of benzene rings is 5. The van der Waals surface area contributed by atoms with Crippen molar-refractivity contribution in [3.05, 3.63) is 160 Å². The number of nitro groups is 1. The highest BCUT2D eigenvalue weighted by atomic mass is 16.6. The third-order valence-corrected chi connectivity index (χ3v) is 7.45. The molecule has 0 aliphatic carbocycles. The third kappa shape index (κ3) is 4.58. The molecule has 0 saturated carbocycles. The number of hydrogen-bond acceptors (Lipinski definition) is 6. The minimum Gasteiger partial charge on any atom is -0.496 e. The summed E-state index contributed by atoms with van der Waals surface area (Å²) in [6.45, 7) is 1.95. The molecule has 0 atom stereocenters. The van der Waals surface area contributed by atoms with Gasteiger partial charge >= 0.3 is 0 Å². The number of nitro benzene ring substituents is 1. The van der Waals surface area contributed by atoms with Gasteiger partial charge in [0.15, 0.2) is 5.54 Å². The lowest BCUT2D eigenvalue weighted by atomic mass is 9.77. The highest BCUT2D eigenvalue weighted by Crippen LogP contribution is 2.41. The molecule has 5 aromatic carbocycles. The summed E-state index contributed by atoms with van der Waals surface area (Å²) >= 11 is 0. The normalized spacial score (nSPS) is 11.3. The van der Waals surface area contributed by atoms with Gasteiger partial charge in [-0.2, -0.15) is 0 Å². The van der Waals surface area contributed by atoms with Crippen LogP contribution in [0.3, 0.4) is 0 Å². The summed E-state index contributed by atoms with van der Waals surface area (Å²) in [5.41, 5.74) is 4.84. The zero-order valence-electron chi connectivity index (χ0n) is 23.1. The lowest BCUT2D eigenvalue weighted by Gasteiger charge is -2.34. The number of aryl methyl sites for hydroxylation is 1. The number of methoxy groups -OCH3 is 1. The predicted molar refractivity (Wildman–Crippen MR) is 161 cm³/mol. The zero-order chi connectivity index (χ0) is 29.1. The number of tetrazole rings is 1. The number of rotatable bonds is 8. The van der Waals surface area contributed by atoms with E-state index in [4.69, 9.17) is 9.84 Å². The Bertz CT molecular complexity index is 1760. The van der Waals surface area contributed by atoms with Crippen LogP contribution in [0.1, 0.15) is 22.3 Å². The van der Waals surface area contributed by atoms with Crippen molar-refractivity contribution in [1.82, 2.24) is 20.2 Å². The van der Waals surface area contributed by atoms with E-state index in [0.717, 1.165) is 39.1 Å². The van der Waals surface area contributed by atoms with E-state index in [0.29, 0.717) is 5.56 Å². The van der Waals surface area contributed by atoms with Gasteiger partial charge in [-0.25, -0.2) is 0 Å². The summed E-state index contributed by atoms with van der Waals surface area (Å²) in [5, 5.41) is 25.9. The molecule has 0 saturated heterocycles. The van der Waals surface area contributed by atoms with E-state index in [-0.39, 0.29) is 11.5 Å². The van der Waals surface area contributed by atoms with Gasteiger partial charge in [-0.05, 0) is 63.7 Å². The van der Waals surface area contributed by atoms with Crippen LogP contribution in [0.2, 0.25) is 0 Å². The van der Waals surface area contributed by atoms with E-state index in [2.05, 4.69) is 10.3 Å². The fourth-order valence-electron chi connectivity index (χ4n) is 5.48. The van der Waals surface area contributed by atoms with Crippen LogP contribution in [-0.2, 0) is 5.54 Å². The van der Waals surface area contributed by atoms with Crippen molar-refractivity contribution in [3.63, 3.8) is 0 Å². The van der Waals surface area contributed by atoms with E-state index in [1.165, 1.54) is 12.1 Å². The second kappa shape index (κ2) is 11.1. The molecule has 0 radical (unpaired) electrons. The van der Waals surface area contributed by atoms with Gasteiger partial charge in [0.1, 0.15) is 5.75 Å². The Kier molecular flexibility index (Phi) is 7.02. The van der Waals surface area contributed by atoms with Gasteiger partial charge in [-0.3, -0.25) is 10.1 Å². The Morgan fingerprint density at radius 3 is 1.81 bits per heavy atom. The van der Waals surface area contributed by atoms with Crippen molar-refractivity contribution in [3.8, 4) is 28.3 Å². The second-order valence-corrected chi connectivity index (χ2v) is 9.88. The molecule has 0 aliphatic rings. The van der Waals surface area contributed by atoms with Gasteiger partial charge in [-0.1, -0.05) is 97.1 Å². The average molecular weight is 554 g/mol. The highest BCUT2D eigenvalue weighted by molar-refractivity contribution is 5.82. The van der Waals surface area contributed by atoms with Crippen molar-refractivity contribution < 1.29 is 9.66 Å². The number of nitrogens with zero attached hydrogens (tertiary/aromatic N) is 5. The van der Waals surface area contributed by atoms with Crippen molar-refractivity contribution >= 4 is 5.69 Å². The lowest BCUT2D eigenvalue weighted by Crippen LogP contribution is -2.39. The van der Waals surface area contributed by atoms with Crippen molar-refractivity contribution in [2.75, 3.05) is 7.11 Å². The minimum absolute atomic E-state index is 0.0595. The average Bonchev–Trinajstić information content (AvgIpc) is 3.53. The van der Waals surface area contributed by atoms with Crippen molar-refractivity contribution in [1.29, 1.82) is 0 Å². The number of aromatic nitrogens is 4. The van der Waals surface area contributed by atoms with E-state index < -0.39 is 10.5 Å². The first kappa shape index (κ1) is 26.6. The maximum atomic E-state index is 11.8. The molecule has 8 heteroatoms. The molecule has 1 heterocycles. The smallest absolute Gasteiger partial charge is 0.270 e. The largest absolute Gasteiger partial charge is 0.496 e. The minimum atomic E-state index is -0.966. The lowest BCUT2D eigenvalue weighted by molar-refractivity contribution is -0.384. The monoisotopic (exact) mass is 553 g/mol. The van der Waals surface area contributed by atoms with Crippen molar-refractivity contribution in [2.24, 2.45) is 0 Å². The van der Waals surface area contributed by atoms with Gasteiger partial charge in [0.05, 0.1) is 12.0 Å². The van der Waals surface area contributed by atoms with Gasteiger partial charge in [-0.15, -0.1) is 15.0 Å². The fourth-order valence-corrected chi connectivity index (χ4v) is 5.48. The zero-order valence-corrected chi connectivity index (χ0v) is 23.1. The first-order valence-corrected chi connectivity index (χ1v) is 13.4. The fraction of sp³-hybridized carbons (Fsp3) is 0.0882. The van der Waals surface area contributed by atoms with Crippen LogP contribution < -0.4 is 4.74 Å². The first-order valence-electron chi connectivity index (χ1n) is 13.4. The van der Waals surface area contributed by atoms with Crippen LogP contribution in [-0.4, -0.2) is 32.2 Å². The topological polar surface area (TPSA) is 96.0 Å². The van der Waals surface area contributed by atoms with Gasteiger partial charge in [0.25, 0.3) is 5.69 Å². The number of ether oxygens (including phenoxy) is 1. The Morgan fingerprint density at radius 2 is 1.31 bits per heavy atom. The second-order valence-electron chi connectivity index (χ2n) is 9.88. The summed E-state index contributed by atoms with van der Waals surface area (Å²) in [4.78, 5) is 13.0. The molecule has 206 valence electrons. The SMILES string of the molecule is COc1ccc(-c2ccc([N+](=O)[O-])cc2-c2nnn(C(c3ccccc3)(c3ccccc3)c3ccccc3)n2)cc1C. The molecule has 0 fully saturated rings. The summed E-state index contributed by atoms with van der Waals surface area (Å²) < 4.78 is 5.44. The maximum absolute atomic E-state index is 11.8. The summed E-state index contributed by atoms with van der Waals surface area (Å²) in [7, 11) is 1.63. The Hall–Kier alpha value is -5.63. The predicted octanol–water partition coefficient (Wildman–Crippen LogP) is 7.07. The van der Waals surface area contributed by atoms with Gasteiger partial charge in [0.2, 0.25) is 5.82 Å². The molecular formula is C34H27N5O3. The van der Waals surface area contributed by atoms with Crippen LogP contribution in [0, 0.1) is 17.0 Å². The molecule has 0 N–H and O–H groups in total. The molecular weight excluding hydrogens is 526 g/mol. The van der Waals surface area contributed by atoms with Crippen LogP contribution >= 0.6 is 0 Å². The molecule has 6 aromatic rings. The molecule has 0 aliphatic heterocycles. The third-order valence-electron chi connectivity index (χ3n) is 7.45. The van der Waals surface area contributed by atoms with E-state index in [1.54, 1.807) is 18.0 Å². The van der Waals surface area contributed by atoms with Crippen LogP contribution in [0.15, 0.2) is 127 Å². The Labute approximate surface area is 243 Å². The van der Waals surface area contributed by atoms with Crippen LogP contribution in [0.4, 0.5) is 5.69 Å². The first-order chi connectivity index (χ1) is 20.5. The molecule has 1 aromatic heterocycles. The van der Waals surface area contributed by atoms with Crippen molar-refractivity contribution in [2.45, 2.75) is 12.5 Å². The van der Waals surface area contributed by atoms with Gasteiger partial charge < -0.3 is 4.74 Å². The van der Waals surface area contributed by atoms with Crippen LogP contribution in [0.5, 0.6) is 5.75 Å². The van der Waals surface area contributed by atoms with E-state index >= 15 is 0 Å². The Balaban J connectivity index is 1.61. The molecule has 0 spiro atoms. The molecule has 0 amide bonds. The van der Waals surface area contributed by atoms with Gasteiger partial charge in [0, 0.05) is 17.7 Å². The Morgan fingerprint density at radius 1 is 0.738 bits per heavy atom. The molecule has 8 nitrogen and oxygen atoms in total. The highest BCUT2D eigenvalue weighted by Gasteiger charge is 2.41. The number of hydrogen-bond donors (Lipinski definition) is 0. The quantitative estimate of drug-likeness (QED) is 0.114.